The van der Waals surface area contributed by atoms with Crippen molar-refractivity contribution >= 4 is 35.1 Å². The Balaban J connectivity index is 0.927. The van der Waals surface area contributed by atoms with Crippen LogP contribution >= 0.6 is 11.8 Å². The molecule has 1 amide bonds. The second kappa shape index (κ2) is 28.1. The van der Waals surface area contributed by atoms with Gasteiger partial charge in [-0.05, 0) is 66.6 Å². The zero-order chi connectivity index (χ0) is 45.3. The number of carbonyl (C=O) groups is 3. The maximum atomic E-state index is 13.6. The minimum Gasteiger partial charge on any atom is -0.477 e. The number of carboxylic acid groups (broad SMARTS) is 1. The first-order chi connectivity index (χ1) is 31.9. The van der Waals surface area contributed by atoms with Crippen molar-refractivity contribution in [3.05, 3.63) is 125 Å². The average molecular weight is 906 g/mol. The van der Waals surface area contributed by atoms with Gasteiger partial charge in [-0.3, -0.25) is 24.4 Å². The van der Waals surface area contributed by atoms with E-state index in [1.54, 1.807) is 11.0 Å². The predicted molar refractivity (Wildman–Crippen MR) is 253 cm³/mol. The second-order valence-corrected chi connectivity index (χ2v) is 17.3. The molecule has 2 aromatic carbocycles. The summed E-state index contributed by atoms with van der Waals surface area (Å²) in [7, 11) is 0. The molecule has 0 saturated carbocycles. The summed E-state index contributed by atoms with van der Waals surface area (Å²) in [5.41, 5.74) is 5.21. The van der Waals surface area contributed by atoms with Gasteiger partial charge in [-0.1, -0.05) is 67.1 Å². The van der Waals surface area contributed by atoms with Crippen molar-refractivity contribution in [3.8, 4) is 11.8 Å². The minimum absolute atomic E-state index is 0.0227. The number of carbonyl (C=O) groups excluding carboxylic acids is 2. The summed E-state index contributed by atoms with van der Waals surface area (Å²) in [6.07, 6.45) is 6.46. The van der Waals surface area contributed by atoms with Crippen LogP contribution in [0, 0.1) is 11.8 Å². The van der Waals surface area contributed by atoms with E-state index in [1.165, 1.54) is 6.07 Å². The summed E-state index contributed by atoms with van der Waals surface area (Å²) >= 11 is 1.86. The number of pyridine rings is 2. The van der Waals surface area contributed by atoms with Crippen molar-refractivity contribution in [2.45, 2.75) is 70.7 Å². The van der Waals surface area contributed by atoms with Crippen molar-refractivity contribution in [3.63, 3.8) is 0 Å². The molecular formula is C51H63N5O8S. The van der Waals surface area contributed by atoms with Crippen molar-refractivity contribution in [1.29, 1.82) is 0 Å². The third-order valence-electron chi connectivity index (χ3n) is 11.2. The summed E-state index contributed by atoms with van der Waals surface area (Å²) in [6, 6.07) is 26.6. The van der Waals surface area contributed by atoms with E-state index in [4.69, 9.17) is 18.9 Å². The summed E-state index contributed by atoms with van der Waals surface area (Å²) in [5, 5.41) is 9.45. The Morgan fingerprint density at radius 3 is 2.14 bits per heavy atom. The maximum absolute atomic E-state index is 13.6. The Bertz CT molecular complexity index is 2150. The van der Waals surface area contributed by atoms with Gasteiger partial charge in [-0.15, -0.1) is 0 Å². The highest BCUT2D eigenvalue weighted by Crippen LogP contribution is 2.26. The van der Waals surface area contributed by atoms with Gasteiger partial charge in [-0.25, -0.2) is 9.78 Å². The summed E-state index contributed by atoms with van der Waals surface area (Å²) in [5.74, 6) is 7.27. The molecule has 0 bridgehead atoms. The van der Waals surface area contributed by atoms with Gasteiger partial charge in [-0.2, -0.15) is 11.8 Å². The van der Waals surface area contributed by atoms with Crippen LogP contribution < -0.4 is 4.90 Å². The van der Waals surface area contributed by atoms with Gasteiger partial charge in [0.05, 0.1) is 76.0 Å². The monoisotopic (exact) mass is 905 g/mol. The molecular weight excluding hydrogens is 843 g/mol. The molecule has 1 atom stereocenters. The Labute approximate surface area is 388 Å². The number of benzene rings is 2. The van der Waals surface area contributed by atoms with Crippen molar-refractivity contribution in [2.24, 2.45) is 0 Å². The van der Waals surface area contributed by atoms with Gasteiger partial charge in [0, 0.05) is 81.6 Å². The number of hydrogen-bond donors (Lipinski definition) is 1. The third kappa shape index (κ3) is 17.7. The quantitative estimate of drug-likeness (QED) is 0.0867. The number of amides is 1. The molecule has 2 aromatic heterocycles. The van der Waals surface area contributed by atoms with Crippen LogP contribution in [-0.2, 0) is 48.2 Å². The molecule has 346 valence electrons. The largest absolute Gasteiger partial charge is 0.477 e. The number of hydrogen-bond acceptors (Lipinski definition) is 12. The number of carboxylic acids is 1. The molecule has 65 heavy (non-hydrogen) atoms. The topological polar surface area (TPSA) is 144 Å². The highest BCUT2D eigenvalue weighted by molar-refractivity contribution is 7.99. The molecule has 1 fully saturated rings. The smallest absolute Gasteiger partial charge is 0.354 e. The number of Topliss-reactive ketones (excluding diaryl/α,β-unsaturated/α-hetero) is 1. The van der Waals surface area contributed by atoms with Gasteiger partial charge >= 0.3 is 5.97 Å². The molecule has 4 aromatic rings. The molecule has 4 heterocycles. The van der Waals surface area contributed by atoms with Gasteiger partial charge in [0.15, 0.2) is 0 Å². The first kappa shape index (κ1) is 49.5. The van der Waals surface area contributed by atoms with Gasteiger partial charge < -0.3 is 29.0 Å². The Morgan fingerprint density at radius 1 is 0.677 bits per heavy atom. The molecule has 0 radical (unpaired) electrons. The number of ketones is 1. The predicted octanol–water partition coefficient (Wildman–Crippen LogP) is 6.91. The van der Waals surface area contributed by atoms with Gasteiger partial charge in [0.25, 0.3) is 0 Å². The van der Waals surface area contributed by atoms with E-state index in [9.17, 15) is 19.5 Å². The second-order valence-electron chi connectivity index (χ2n) is 16.2. The molecule has 1 N–H and O–H groups in total. The van der Waals surface area contributed by atoms with Crippen LogP contribution in [0.3, 0.4) is 0 Å². The fourth-order valence-electron chi connectivity index (χ4n) is 7.60. The highest BCUT2D eigenvalue weighted by Gasteiger charge is 2.22. The van der Waals surface area contributed by atoms with Crippen molar-refractivity contribution in [2.75, 3.05) is 88.8 Å². The lowest BCUT2D eigenvalue weighted by molar-refractivity contribution is -0.124. The van der Waals surface area contributed by atoms with E-state index in [0.717, 1.165) is 78.4 Å². The number of para-hydroxylation sites is 1. The zero-order valence-electron chi connectivity index (χ0n) is 37.5. The maximum Gasteiger partial charge on any atom is 0.354 e. The van der Waals surface area contributed by atoms with Crippen LogP contribution in [-0.4, -0.2) is 133 Å². The fraction of sp³-hybridized carbons (Fsp3) is 0.471. The van der Waals surface area contributed by atoms with E-state index in [0.29, 0.717) is 91.1 Å². The van der Waals surface area contributed by atoms with Crippen LogP contribution in [0.1, 0.15) is 83.5 Å². The molecule has 2 aliphatic heterocycles. The van der Waals surface area contributed by atoms with E-state index in [-0.39, 0.29) is 36.3 Å². The lowest BCUT2D eigenvalue weighted by atomic mass is 10.0. The number of anilines is 1. The third-order valence-corrected chi connectivity index (χ3v) is 12.4. The van der Waals surface area contributed by atoms with Crippen LogP contribution in [0.5, 0.6) is 0 Å². The molecule has 0 aliphatic carbocycles. The number of ether oxygens (including phenoxy) is 4. The van der Waals surface area contributed by atoms with Crippen LogP contribution in [0.15, 0.2) is 91.1 Å². The van der Waals surface area contributed by atoms with E-state index in [2.05, 4.69) is 31.6 Å². The van der Waals surface area contributed by atoms with E-state index < -0.39 is 5.97 Å². The average Bonchev–Trinajstić information content (AvgIpc) is 3.31. The number of thioether (sulfide) groups is 1. The van der Waals surface area contributed by atoms with Crippen molar-refractivity contribution in [1.82, 2.24) is 19.8 Å². The molecule has 13 nitrogen and oxygen atoms in total. The molecule has 2 aliphatic rings. The Hall–Kier alpha value is -4.98. The lowest BCUT2D eigenvalue weighted by Gasteiger charge is -2.26. The van der Waals surface area contributed by atoms with Crippen LogP contribution in [0.25, 0.3) is 0 Å². The first-order valence-corrected chi connectivity index (χ1v) is 24.0. The summed E-state index contributed by atoms with van der Waals surface area (Å²) < 4.78 is 24.6. The molecule has 1 saturated heterocycles. The van der Waals surface area contributed by atoms with Crippen LogP contribution in [0.2, 0.25) is 0 Å². The first-order valence-electron chi connectivity index (χ1n) is 22.9. The van der Waals surface area contributed by atoms with E-state index in [1.807, 2.05) is 90.8 Å². The summed E-state index contributed by atoms with van der Waals surface area (Å²) in [4.78, 5) is 53.1. The fourth-order valence-corrected chi connectivity index (χ4v) is 8.63. The number of unbranched alkanes of at least 4 members (excludes halogenated alkanes) is 3. The highest BCUT2D eigenvalue weighted by atomic mass is 32.2. The molecule has 14 heteroatoms. The number of fused-ring (bicyclic) bond motifs is 2. The Morgan fingerprint density at radius 2 is 1.35 bits per heavy atom. The molecule has 6 rings (SSSR count). The van der Waals surface area contributed by atoms with Gasteiger partial charge in [0.1, 0.15) is 11.5 Å². The number of nitrogens with zero attached hydrogens (tertiary/aromatic N) is 5. The minimum atomic E-state index is -1.05. The van der Waals surface area contributed by atoms with Crippen molar-refractivity contribution < 1.29 is 38.4 Å². The SMILES string of the molecule is O=C(CCCCCCSC[C@@H]1COCCN(Cc2cccc(C(=O)O)n2)CCOCCOCCN(Cc2ccccn2)CCO1)CCC(=O)N1Cc2ccccc2C#Cc2ccccc21. The standard InChI is InChI=1S/C51H63N5O8S/c57-46(22-23-50(58)56-36-43-14-5-4-12-41(43)20-21-42-13-6-7-19-49(42)56)17-3-1-2-10-35-65-40-47-39-63-31-27-54(38-45-16-11-18-48(53-45)51(59)60)25-29-61-33-34-62-30-26-55(28-32-64-47)37-44-15-8-9-24-52-44/h4-9,11-16,18-19,24,47H,1-3,10,17,22-23,25-40H2,(H,59,60)/t47-/m0/s1. The normalized spacial score (nSPS) is 17.2. The number of aromatic carboxylic acids is 1. The number of rotatable bonds is 17. The lowest BCUT2D eigenvalue weighted by Crippen LogP contribution is -2.35. The summed E-state index contributed by atoms with van der Waals surface area (Å²) in [6.45, 7) is 7.77. The molecule has 0 spiro atoms. The zero-order valence-corrected chi connectivity index (χ0v) is 38.3. The van der Waals surface area contributed by atoms with Crippen LogP contribution in [0.4, 0.5) is 5.69 Å². The molecule has 0 unspecified atom stereocenters. The number of aromatic nitrogens is 2. The van der Waals surface area contributed by atoms with Gasteiger partial charge in [0.2, 0.25) is 5.91 Å². The Kier molecular flexibility index (Phi) is 21.4. The van der Waals surface area contributed by atoms with E-state index >= 15 is 0 Å².